The number of fused-ring (bicyclic) bond motifs is 2. The van der Waals surface area contributed by atoms with E-state index in [-0.39, 0.29) is 78.1 Å². The molecule has 79 heavy (non-hydrogen) atoms. The topological polar surface area (TPSA) is 279 Å². The predicted octanol–water partition coefficient (Wildman–Crippen LogP) is 8.32. The van der Waals surface area contributed by atoms with Crippen molar-refractivity contribution in [2.45, 2.75) is 97.2 Å². The van der Waals surface area contributed by atoms with Crippen molar-refractivity contribution < 1.29 is 43.0 Å². The molecule has 6 aromatic rings. The highest BCUT2D eigenvalue weighted by Crippen LogP contribution is 2.30. The number of nitrogens with one attached hydrogen (secondary N) is 7. The summed E-state index contributed by atoms with van der Waals surface area (Å²) in [7, 11) is 3.16. The number of hydrogen-bond acceptors (Lipinski definition) is 12. The summed E-state index contributed by atoms with van der Waals surface area (Å²) in [5.74, 6) is -1.22. The molecule has 2 aliphatic rings. The van der Waals surface area contributed by atoms with Gasteiger partial charge in [-0.2, -0.15) is 5.26 Å². The van der Waals surface area contributed by atoms with Gasteiger partial charge in [-0.05, 0) is 111 Å². The maximum atomic E-state index is 13.7. The second kappa shape index (κ2) is 29.3. The monoisotopic (exact) mass is 1080 g/mol. The summed E-state index contributed by atoms with van der Waals surface area (Å²) in [5.41, 5.74) is 9.33. The Morgan fingerprint density at radius 1 is 0.671 bits per heavy atom. The van der Waals surface area contributed by atoms with Crippen LogP contribution in [0.4, 0.5) is 11.4 Å². The number of para-hydroxylation sites is 2. The molecule has 0 spiro atoms. The van der Waals surface area contributed by atoms with Gasteiger partial charge >= 0.3 is 0 Å². The minimum Gasteiger partial charge on any atom is -0.496 e. The Morgan fingerprint density at radius 3 is 1.54 bits per heavy atom. The van der Waals surface area contributed by atoms with E-state index in [0.29, 0.717) is 74.4 Å². The van der Waals surface area contributed by atoms with E-state index in [0.717, 1.165) is 33.2 Å². The molecule has 0 bridgehead atoms. The highest BCUT2D eigenvalue weighted by molar-refractivity contribution is 6.03. The fraction of sp³-hybridized carbons (Fsp3) is 0.410. The lowest BCUT2D eigenvalue weighted by Gasteiger charge is -2.29. The lowest BCUT2D eigenvalue weighted by Crippen LogP contribution is -2.49. The molecule has 4 amide bonds. The number of carbonyl (C=O) groups excluding carboxylic acids is 7. The van der Waals surface area contributed by atoms with Crippen LogP contribution in [0.5, 0.6) is 11.5 Å². The number of methoxy groups -OCH3 is 2. The lowest BCUT2D eigenvalue weighted by molar-refractivity contribution is -0.129. The summed E-state index contributed by atoms with van der Waals surface area (Å²) in [4.78, 5) is 95.1. The Balaban J connectivity index is 0.000000231. The fourth-order valence-corrected chi connectivity index (χ4v) is 10.1. The number of Topliss-reactive ketones (excluding diaryl/α,β-unsaturated/α-hetero) is 2. The second-order valence-corrected chi connectivity index (χ2v) is 21.0. The van der Waals surface area contributed by atoms with Crippen LogP contribution in [-0.4, -0.2) is 96.9 Å². The number of nitrogens with zero attached hydrogens (tertiary/aromatic N) is 1. The third-order valence-corrected chi connectivity index (χ3v) is 14.1. The molecule has 2 fully saturated rings. The van der Waals surface area contributed by atoms with Crippen LogP contribution in [0, 0.1) is 46.8 Å². The zero-order chi connectivity index (χ0) is 57.0. The molecule has 2 aromatic heterocycles. The van der Waals surface area contributed by atoms with Gasteiger partial charge in [-0.15, -0.1) is 0 Å². The molecule has 18 nitrogen and oxygen atoms in total. The number of amides is 4. The number of aldehydes is 1. The summed E-state index contributed by atoms with van der Waals surface area (Å²) in [6.45, 7) is 9.15. The first-order chi connectivity index (χ1) is 38.0. The molecule has 2 saturated heterocycles. The zero-order valence-electron chi connectivity index (χ0n) is 45.9. The van der Waals surface area contributed by atoms with E-state index in [4.69, 9.17) is 15.2 Å². The molecular weight excluding hydrogens is 1000 g/mol. The Hall–Kier alpha value is -8.46. The Kier molecular flexibility index (Phi) is 22.2. The number of aromatic nitrogens is 2. The molecule has 0 saturated carbocycles. The summed E-state index contributed by atoms with van der Waals surface area (Å²) < 4.78 is 10.8. The van der Waals surface area contributed by atoms with Crippen molar-refractivity contribution in [1.29, 1.82) is 5.26 Å². The maximum Gasteiger partial charge on any atom is 0.224 e. The van der Waals surface area contributed by atoms with E-state index in [1.54, 1.807) is 26.4 Å². The first-order valence-electron chi connectivity index (χ1n) is 27.0. The van der Waals surface area contributed by atoms with E-state index < -0.39 is 30.0 Å². The standard InChI is InChI=1S/C31H37N5O4.C24H31N3O5.C6H7N/c1-19(2)14-21(16-28(37)26-17-23-24(35-26)10-7-11-29(23)40-3)31(39)36-25(15-20-12-13-33-30(20)38)27(18-32)34-22-8-5-4-6-9-22;1-14(2)9-16(24(31)26-17(13-28)10-15-7-8-25-23(15)30)11-21(29)20-12-18-19(27-20)5-4-6-22(18)32-3;7-6-4-2-1-3-5-6/h4-11,17,19-21,25,27,34-35H,12-16H2,1-3H3,(H,33,38)(H,36,39);4-6,12-17,27H,7-11H2,1-3H3,(H,25,30)(H,26,31);1-5H,7H2/t20-,21+,25-,27?;15-,16+,17-;/m00./s1. The van der Waals surface area contributed by atoms with E-state index >= 15 is 0 Å². The maximum absolute atomic E-state index is 13.7. The van der Waals surface area contributed by atoms with Crippen LogP contribution in [0.3, 0.4) is 0 Å². The minimum atomic E-state index is -0.767. The van der Waals surface area contributed by atoms with Crippen LogP contribution in [0.25, 0.3) is 21.8 Å². The van der Waals surface area contributed by atoms with E-state index in [1.165, 1.54) is 0 Å². The summed E-state index contributed by atoms with van der Waals surface area (Å²) >= 11 is 0. The van der Waals surface area contributed by atoms with Gasteiger partial charge in [-0.1, -0.05) is 76.2 Å². The summed E-state index contributed by atoms with van der Waals surface area (Å²) in [6, 6.07) is 33.5. The van der Waals surface area contributed by atoms with Crippen LogP contribution >= 0.6 is 0 Å². The van der Waals surface area contributed by atoms with Crippen LogP contribution in [-0.2, 0) is 24.0 Å². The van der Waals surface area contributed by atoms with Gasteiger partial charge in [-0.3, -0.25) is 28.8 Å². The fourth-order valence-electron chi connectivity index (χ4n) is 10.1. The number of nitriles is 1. The van der Waals surface area contributed by atoms with Crippen molar-refractivity contribution in [2.75, 3.05) is 38.4 Å². The first-order valence-corrected chi connectivity index (χ1v) is 27.0. The molecule has 4 aromatic carbocycles. The molecule has 418 valence electrons. The van der Waals surface area contributed by atoms with Crippen molar-refractivity contribution >= 4 is 74.7 Å². The number of H-pyrrole nitrogens is 2. The molecule has 4 heterocycles. The molecule has 2 aliphatic heterocycles. The summed E-state index contributed by atoms with van der Waals surface area (Å²) in [5, 5.41) is 26.3. The number of ether oxygens (including phenoxy) is 2. The minimum absolute atomic E-state index is 0.0130. The van der Waals surface area contributed by atoms with Gasteiger partial charge in [-0.25, -0.2) is 0 Å². The Morgan fingerprint density at radius 2 is 1.14 bits per heavy atom. The van der Waals surface area contributed by atoms with E-state index in [9.17, 15) is 38.8 Å². The molecule has 9 N–H and O–H groups in total. The summed E-state index contributed by atoms with van der Waals surface area (Å²) in [6.07, 6.45) is 3.60. The number of nitrogens with two attached hydrogens (primary N) is 1. The van der Waals surface area contributed by atoms with Crippen LogP contribution < -0.4 is 41.8 Å². The van der Waals surface area contributed by atoms with Crippen LogP contribution in [0.2, 0.25) is 0 Å². The number of aromatic amines is 2. The number of rotatable bonds is 24. The van der Waals surface area contributed by atoms with Gasteiger partial charge in [0.1, 0.15) is 23.8 Å². The van der Waals surface area contributed by atoms with Gasteiger partial charge in [0, 0.05) is 82.8 Å². The average Bonchev–Trinajstić information content (AvgIpc) is 4.27. The number of nitrogen functional groups attached to an aromatic ring is 1. The molecule has 0 radical (unpaired) electrons. The normalized spacial score (nSPS) is 16.6. The lowest BCUT2D eigenvalue weighted by atomic mass is 9.89. The number of ketones is 2. The number of carbonyl (C=O) groups is 7. The first kappa shape index (κ1) is 59.8. The van der Waals surface area contributed by atoms with Crippen molar-refractivity contribution in [2.24, 2.45) is 35.5 Å². The van der Waals surface area contributed by atoms with Crippen LogP contribution in [0.15, 0.2) is 109 Å². The Bertz CT molecular complexity index is 3060. The van der Waals surface area contributed by atoms with E-state index in [1.807, 2.05) is 125 Å². The van der Waals surface area contributed by atoms with Gasteiger partial charge < -0.3 is 56.6 Å². The SMILES string of the molecule is COc1cccc2[nH]c(C(=O)C[C@@H](CC(C)C)C(=O)N[C@@H](C[C@@H]3CCNC3=O)C(C#N)Nc3ccccc3)cc12.COc1cccc2[nH]c(C(=O)C[C@@H](CC(C)C)C(=O)N[C@H](C=O)C[C@@H]3CCNC3=O)cc12.Nc1ccccc1. The van der Waals surface area contributed by atoms with Crippen LogP contribution in [0.1, 0.15) is 100 Å². The van der Waals surface area contributed by atoms with Crippen molar-refractivity contribution in [3.63, 3.8) is 0 Å². The van der Waals surface area contributed by atoms with Gasteiger partial charge in [0.2, 0.25) is 23.6 Å². The Labute approximate surface area is 461 Å². The third kappa shape index (κ3) is 17.3. The molecule has 1 unspecified atom stereocenters. The predicted molar refractivity (Wildman–Crippen MR) is 305 cm³/mol. The van der Waals surface area contributed by atoms with Gasteiger partial charge in [0.15, 0.2) is 11.6 Å². The van der Waals surface area contributed by atoms with E-state index in [2.05, 4.69) is 42.6 Å². The van der Waals surface area contributed by atoms with Crippen molar-refractivity contribution in [1.82, 2.24) is 31.2 Å². The highest BCUT2D eigenvalue weighted by atomic mass is 16.5. The smallest absolute Gasteiger partial charge is 0.224 e. The highest BCUT2D eigenvalue weighted by Gasteiger charge is 2.35. The largest absolute Gasteiger partial charge is 0.496 e. The van der Waals surface area contributed by atoms with Crippen molar-refractivity contribution in [3.05, 3.63) is 121 Å². The molecule has 0 aliphatic carbocycles. The van der Waals surface area contributed by atoms with Gasteiger partial charge in [0.25, 0.3) is 0 Å². The molecule has 8 rings (SSSR count). The molecular formula is C61H75N9O9. The van der Waals surface area contributed by atoms with Gasteiger partial charge in [0.05, 0.1) is 43.8 Å². The second-order valence-electron chi connectivity index (χ2n) is 21.0. The molecule has 7 atom stereocenters. The number of anilines is 2. The average molecular weight is 1080 g/mol. The molecule has 18 heteroatoms. The quantitative estimate of drug-likeness (QED) is 0.0161. The number of hydrogen-bond donors (Lipinski definition) is 8. The zero-order valence-corrected chi connectivity index (χ0v) is 45.9. The third-order valence-electron chi connectivity index (χ3n) is 14.1. The number of benzene rings is 4. The van der Waals surface area contributed by atoms with Crippen molar-refractivity contribution in [3.8, 4) is 17.6 Å².